The number of nitrogens with two attached hydrogens (primary N) is 1. The number of carbonyl (C=O) groups excluding carboxylic acids is 1. The number of nitrogen functional groups attached to an aromatic ring is 1. The van der Waals surface area contributed by atoms with Crippen molar-refractivity contribution in [1.29, 1.82) is 0 Å². The van der Waals surface area contributed by atoms with Crippen molar-refractivity contribution >= 4 is 16.7 Å². The summed E-state index contributed by atoms with van der Waals surface area (Å²) in [6, 6.07) is 11.1. The molecular weight excluding hydrogens is 216 g/mol. The molecule has 0 aromatic heterocycles. The Labute approximate surface area is 99.3 Å². The SMILES string of the molecule is CCOc1ccc(C(=O)NN)c2ccccc12. The summed E-state index contributed by atoms with van der Waals surface area (Å²) in [7, 11) is 0. The van der Waals surface area contributed by atoms with E-state index in [0.717, 1.165) is 16.5 Å². The maximum Gasteiger partial charge on any atom is 0.265 e. The van der Waals surface area contributed by atoms with Gasteiger partial charge >= 0.3 is 0 Å². The third-order valence-corrected chi connectivity index (χ3v) is 2.56. The van der Waals surface area contributed by atoms with E-state index >= 15 is 0 Å². The molecule has 4 nitrogen and oxygen atoms in total. The fourth-order valence-electron chi connectivity index (χ4n) is 1.83. The molecule has 0 aliphatic carbocycles. The number of hydrazine groups is 1. The van der Waals surface area contributed by atoms with Crippen LogP contribution < -0.4 is 16.0 Å². The minimum absolute atomic E-state index is 0.302. The van der Waals surface area contributed by atoms with Gasteiger partial charge in [0.05, 0.1) is 6.61 Å². The summed E-state index contributed by atoms with van der Waals surface area (Å²) in [4.78, 5) is 11.6. The van der Waals surface area contributed by atoms with E-state index in [1.54, 1.807) is 12.1 Å². The fraction of sp³-hybridized carbons (Fsp3) is 0.154. The molecule has 88 valence electrons. The van der Waals surface area contributed by atoms with Gasteiger partial charge in [-0.15, -0.1) is 0 Å². The molecule has 0 heterocycles. The molecule has 0 bridgehead atoms. The number of hydrogen-bond donors (Lipinski definition) is 2. The second-order valence-electron chi connectivity index (χ2n) is 3.56. The van der Waals surface area contributed by atoms with Gasteiger partial charge in [0.25, 0.3) is 5.91 Å². The molecule has 0 saturated heterocycles. The summed E-state index contributed by atoms with van der Waals surface area (Å²) in [5.74, 6) is 5.63. The van der Waals surface area contributed by atoms with Gasteiger partial charge < -0.3 is 4.74 Å². The zero-order valence-electron chi connectivity index (χ0n) is 9.57. The van der Waals surface area contributed by atoms with Crippen molar-refractivity contribution in [2.24, 2.45) is 5.84 Å². The first-order valence-electron chi connectivity index (χ1n) is 5.43. The molecule has 0 aliphatic rings. The third-order valence-electron chi connectivity index (χ3n) is 2.56. The van der Waals surface area contributed by atoms with Crippen molar-refractivity contribution in [3.63, 3.8) is 0 Å². The highest BCUT2D eigenvalue weighted by molar-refractivity contribution is 6.08. The van der Waals surface area contributed by atoms with Gasteiger partial charge in [0.15, 0.2) is 0 Å². The zero-order valence-corrected chi connectivity index (χ0v) is 9.57. The average molecular weight is 230 g/mol. The maximum absolute atomic E-state index is 11.6. The van der Waals surface area contributed by atoms with Crippen LogP contribution in [0, 0.1) is 0 Å². The minimum Gasteiger partial charge on any atom is -0.493 e. The van der Waals surface area contributed by atoms with E-state index in [1.807, 2.05) is 31.2 Å². The largest absolute Gasteiger partial charge is 0.493 e. The molecule has 0 fully saturated rings. The topological polar surface area (TPSA) is 64.3 Å². The molecule has 0 radical (unpaired) electrons. The first kappa shape index (κ1) is 11.4. The number of ether oxygens (including phenoxy) is 1. The van der Waals surface area contributed by atoms with Crippen molar-refractivity contribution in [2.75, 3.05) is 6.61 Å². The van der Waals surface area contributed by atoms with Crippen LogP contribution in [0.3, 0.4) is 0 Å². The van der Waals surface area contributed by atoms with E-state index < -0.39 is 0 Å². The molecule has 0 unspecified atom stereocenters. The van der Waals surface area contributed by atoms with E-state index in [1.165, 1.54) is 0 Å². The van der Waals surface area contributed by atoms with E-state index in [4.69, 9.17) is 10.6 Å². The van der Waals surface area contributed by atoms with Crippen molar-refractivity contribution in [3.05, 3.63) is 42.0 Å². The van der Waals surface area contributed by atoms with Crippen LogP contribution in [0.2, 0.25) is 0 Å². The smallest absolute Gasteiger partial charge is 0.265 e. The Kier molecular flexibility index (Phi) is 3.25. The lowest BCUT2D eigenvalue weighted by atomic mass is 10.0. The highest BCUT2D eigenvalue weighted by Crippen LogP contribution is 2.28. The Morgan fingerprint density at radius 1 is 1.24 bits per heavy atom. The summed E-state index contributed by atoms with van der Waals surface area (Å²) in [6.07, 6.45) is 0. The lowest BCUT2D eigenvalue weighted by Gasteiger charge is -2.10. The van der Waals surface area contributed by atoms with Crippen molar-refractivity contribution in [2.45, 2.75) is 6.92 Å². The Morgan fingerprint density at radius 3 is 2.59 bits per heavy atom. The molecule has 0 spiro atoms. The lowest BCUT2D eigenvalue weighted by molar-refractivity contribution is 0.0955. The molecule has 2 aromatic carbocycles. The molecule has 2 rings (SSSR count). The van der Waals surface area contributed by atoms with Crippen molar-refractivity contribution < 1.29 is 9.53 Å². The molecule has 0 saturated carbocycles. The second-order valence-corrected chi connectivity index (χ2v) is 3.56. The predicted octanol–water partition coefficient (Wildman–Crippen LogP) is 1.84. The van der Waals surface area contributed by atoms with Crippen LogP contribution in [0.25, 0.3) is 10.8 Å². The first-order valence-corrected chi connectivity index (χ1v) is 5.43. The summed E-state index contributed by atoms with van der Waals surface area (Å²) in [5, 5.41) is 1.75. The Hall–Kier alpha value is -2.07. The third kappa shape index (κ3) is 2.07. The van der Waals surface area contributed by atoms with Crippen LogP contribution in [0.5, 0.6) is 5.75 Å². The molecule has 3 N–H and O–H groups in total. The molecule has 4 heteroatoms. The van der Waals surface area contributed by atoms with E-state index in [0.29, 0.717) is 12.2 Å². The summed E-state index contributed by atoms with van der Waals surface area (Å²) < 4.78 is 5.52. The summed E-state index contributed by atoms with van der Waals surface area (Å²) in [6.45, 7) is 2.52. The Morgan fingerprint density at radius 2 is 1.94 bits per heavy atom. The average Bonchev–Trinajstić information content (AvgIpc) is 2.38. The Bertz CT molecular complexity index is 552. The standard InChI is InChI=1S/C13H14N2O2/c1-2-17-12-8-7-11(13(16)15-14)9-5-3-4-6-10(9)12/h3-8H,2,14H2,1H3,(H,15,16). The molecule has 1 amide bonds. The van der Waals surface area contributed by atoms with E-state index in [9.17, 15) is 4.79 Å². The van der Waals surface area contributed by atoms with Crippen molar-refractivity contribution in [1.82, 2.24) is 5.43 Å². The van der Waals surface area contributed by atoms with Gasteiger partial charge in [-0.1, -0.05) is 24.3 Å². The van der Waals surface area contributed by atoms with Gasteiger partial charge in [0.1, 0.15) is 5.75 Å². The number of carbonyl (C=O) groups is 1. The summed E-state index contributed by atoms with van der Waals surface area (Å²) >= 11 is 0. The van der Waals surface area contributed by atoms with Crippen LogP contribution in [-0.2, 0) is 0 Å². The van der Waals surface area contributed by atoms with Gasteiger partial charge in [-0.05, 0) is 24.4 Å². The van der Waals surface area contributed by atoms with Crippen LogP contribution in [0.15, 0.2) is 36.4 Å². The molecule has 17 heavy (non-hydrogen) atoms. The fourth-order valence-corrected chi connectivity index (χ4v) is 1.83. The highest BCUT2D eigenvalue weighted by Gasteiger charge is 2.11. The zero-order chi connectivity index (χ0) is 12.3. The van der Waals surface area contributed by atoms with E-state index in [-0.39, 0.29) is 5.91 Å². The number of nitrogens with one attached hydrogen (secondary N) is 1. The van der Waals surface area contributed by atoms with Gasteiger partial charge in [0.2, 0.25) is 0 Å². The quantitative estimate of drug-likeness (QED) is 0.480. The van der Waals surface area contributed by atoms with Crippen LogP contribution in [0.4, 0.5) is 0 Å². The number of rotatable bonds is 3. The minimum atomic E-state index is -0.302. The van der Waals surface area contributed by atoms with Crippen LogP contribution in [-0.4, -0.2) is 12.5 Å². The molecule has 2 aromatic rings. The van der Waals surface area contributed by atoms with Crippen molar-refractivity contribution in [3.8, 4) is 5.75 Å². The van der Waals surface area contributed by atoms with Gasteiger partial charge in [-0.2, -0.15) is 0 Å². The molecule has 0 aliphatic heterocycles. The van der Waals surface area contributed by atoms with E-state index in [2.05, 4.69) is 5.43 Å². The number of benzene rings is 2. The number of amides is 1. The van der Waals surface area contributed by atoms with Gasteiger partial charge in [0, 0.05) is 10.9 Å². The van der Waals surface area contributed by atoms with Gasteiger partial charge in [-0.3, -0.25) is 10.2 Å². The Balaban J connectivity index is 2.66. The second kappa shape index (κ2) is 4.84. The van der Waals surface area contributed by atoms with Gasteiger partial charge in [-0.25, -0.2) is 5.84 Å². The first-order chi connectivity index (χ1) is 8.27. The highest BCUT2D eigenvalue weighted by atomic mass is 16.5. The number of hydrogen-bond acceptors (Lipinski definition) is 3. The van der Waals surface area contributed by atoms with Crippen LogP contribution >= 0.6 is 0 Å². The molecule has 0 atom stereocenters. The maximum atomic E-state index is 11.6. The monoisotopic (exact) mass is 230 g/mol. The molecular formula is C13H14N2O2. The van der Waals surface area contributed by atoms with Crippen LogP contribution in [0.1, 0.15) is 17.3 Å². The summed E-state index contributed by atoms with van der Waals surface area (Å²) in [5.41, 5.74) is 2.69. The lowest BCUT2D eigenvalue weighted by Crippen LogP contribution is -2.30. The predicted molar refractivity (Wildman–Crippen MR) is 66.8 cm³/mol. The normalized spacial score (nSPS) is 10.2. The number of fused-ring (bicyclic) bond motifs is 1.